The maximum absolute atomic E-state index is 11.9. The van der Waals surface area contributed by atoms with E-state index < -0.39 is 0 Å². The van der Waals surface area contributed by atoms with Gasteiger partial charge in [-0.15, -0.1) is 0 Å². The smallest absolute Gasteiger partial charge is 0.228 e. The number of nitrogens with one attached hydrogen (secondary N) is 1. The molecular formula is C25H25N5O. The first-order valence-corrected chi connectivity index (χ1v) is 11.3. The van der Waals surface area contributed by atoms with Gasteiger partial charge in [-0.2, -0.15) is 0 Å². The molecule has 4 heterocycles. The summed E-state index contributed by atoms with van der Waals surface area (Å²) in [7, 11) is 0. The fraction of sp³-hybridized carbons (Fsp3) is 0.400. The number of fused-ring (bicyclic) bond motifs is 2. The third-order valence-corrected chi connectivity index (χ3v) is 7.62. The standard InChI is InChI=1S/C25H25N5O/c31-20-13-18-12-17(6-7-19(18)27-20)22-21(16-4-2-1-3-5-16)28-24-23(26-10-11-30(22)24)29-14-25(15-29)8-9-25/h1-4,6-7,10-12,16,21-22H,5,8-9,13-15H2,(H,27,31). The van der Waals surface area contributed by atoms with Crippen LogP contribution in [0.25, 0.3) is 0 Å². The number of likely N-dealkylation sites (tertiary alicyclic amines) is 1. The maximum atomic E-state index is 11.9. The Labute approximate surface area is 181 Å². The van der Waals surface area contributed by atoms with E-state index in [2.05, 4.69) is 63.8 Å². The van der Waals surface area contributed by atoms with Gasteiger partial charge in [0, 0.05) is 42.5 Å². The molecule has 1 N–H and O–H groups in total. The number of amidine groups is 2. The van der Waals surface area contributed by atoms with Crippen molar-refractivity contribution >= 4 is 23.3 Å². The number of anilines is 1. The van der Waals surface area contributed by atoms with Crippen molar-refractivity contribution in [2.75, 3.05) is 18.4 Å². The molecule has 6 aliphatic rings. The number of rotatable bonds is 2. The Bertz CT molecular complexity index is 1130. The molecule has 2 fully saturated rings. The van der Waals surface area contributed by atoms with Crippen molar-refractivity contribution < 1.29 is 4.79 Å². The topological polar surface area (TPSA) is 60.3 Å². The van der Waals surface area contributed by atoms with Crippen LogP contribution < -0.4 is 5.32 Å². The van der Waals surface area contributed by atoms with Crippen molar-refractivity contribution in [3.8, 4) is 0 Å². The summed E-state index contributed by atoms with van der Waals surface area (Å²) >= 11 is 0. The van der Waals surface area contributed by atoms with Gasteiger partial charge in [-0.1, -0.05) is 36.4 Å². The molecule has 6 nitrogen and oxygen atoms in total. The minimum absolute atomic E-state index is 0.0755. The third-order valence-electron chi connectivity index (χ3n) is 7.62. The van der Waals surface area contributed by atoms with Gasteiger partial charge in [0.1, 0.15) is 0 Å². The molecule has 1 saturated heterocycles. The second kappa shape index (κ2) is 6.19. The zero-order chi connectivity index (χ0) is 20.6. The lowest BCUT2D eigenvalue weighted by Gasteiger charge is -2.43. The molecule has 0 radical (unpaired) electrons. The summed E-state index contributed by atoms with van der Waals surface area (Å²) in [5.41, 5.74) is 3.82. The highest BCUT2D eigenvalue weighted by Crippen LogP contribution is 2.53. The Kier molecular flexibility index (Phi) is 3.50. The van der Waals surface area contributed by atoms with E-state index in [1.165, 1.54) is 18.4 Å². The number of nitrogens with zero attached hydrogens (tertiary/aromatic N) is 4. The van der Waals surface area contributed by atoms with Crippen molar-refractivity contribution in [2.24, 2.45) is 21.3 Å². The summed E-state index contributed by atoms with van der Waals surface area (Å²) in [5, 5.41) is 2.96. The quantitative estimate of drug-likeness (QED) is 0.811. The molecule has 3 unspecified atom stereocenters. The third kappa shape index (κ3) is 2.67. The lowest BCUT2D eigenvalue weighted by molar-refractivity contribution is -0.115. The number of carbonyl (C=O) groups is 1. The first-order valence-electron chi connectivity index (χ1n) is 11.3. The second-order valence-electron chi connectivity index (χ2n) is 9.76. The van der Waals surface area contributed by atoms with Gasteiger partial charge in [-0.3, -0.25) is 9.79 Å². The predicted octanol–water partition coefficient (Wildman–Crippen LogP) is 3.42. The van der Waals surface area contributed by atoms with Gasteiger partial charge in [-0.25, -0.2) is 4.99 Å². The summed E-state index contributed by atoms with van der Waals surface area (Å²) in [5.74, 6) is 2.46. The van der Waals surface area contributed by atoms with Gasteiger partial charge in [0.15, 0.2) is 11.7 Å². The minimum Gasteiger partial charge on any atom is -0.352 e. The number of amides is 1. The first-order chi connectivity index (χ1) is 15.2. The van der Waals surface area contributed by atoms with Crippen LogP contribution in [0.1, 0.15) is 36.4 Å². The van der Waals surface area contributed by atoms with Gasteiger partial charge < -0.3 is 15.1 Å². The molecule has 31 heavy (non-hydrogen) atoms. The van der Waals surface area contributed by atoms with Crippen LogP contribution in [0.5, 0.6) is 0 Å². The summed E-state index contributed by atoms with van der Waals surface area (Å²) in [6.45, 7) is 2.22. The van der Waals surface area contributed by atoms with E-state index in [1.54, 1.807) is 0 Å². The van der Waals surface area contributed by atoms with Crippen LogP contribution >= 0.6 is 0 Å². The number of allylic oxidation sites excluding steroid dienone is 3. The van der Waals surface area contributed by atoms with E-state index in [0.717, 1.165) is 42.4 Å². The van der Waals surface area contributed by atoms with Crippen LogP contribution in [0.4, 0.5) is 5.69 Å². The van der Waals surface area contributed by atoms with Crippen LogP contribution in [0, 0.1) is 11.3 Å². The fourth-order valence-electron chi connectivity index (χ4n) is 5.75. The summed E-state index contributed by atoms with van der Waals surface area (Å²) in [6, 6.07) is 6.63. The van der Waals surface area contributed by atoms with Gasteiger partial charge >= 0.3 is 0 Å². The van der Waals surface area contributed by atoms with E-state index in [0.29, 0.717) is 17.8 Å². The lowest BCUT2D eigenvalue weighted by atomic mass is 9.85. The molecule has 1 aromatic carbocycles. The Hall–Kier alpha value is -3.15. The van der Waals surface area contributed by atoms with E-state index in [4.69, 9.17) is 9.98 Å². The summed E-state index contributed by atoms with van der Waals surface area (Å²) in [6.07, 6.45) is 17.0. The van der Waals surface area contributed by atoms with Crippen molar-refractivity contribution in [2.45, 2.75) is 37.8 Å². The molecule has 3 atom stereocenters. The Balaban J connectivity index is 1.26. The number of carbonyl (C=O) groups excluding carboxylic acids is 1. The van der Waals surface area contributed by atoms with E-state index >= 15 is 0 Å². The van der Waals surface area contributed by atoms with Crippen LogP contribution in [-0.2, 0) is 11.2 Å². The average Bonchev–Trinajstić information content (AvgIpc) is 3.34. The van der Waals surface area contributed by atoms with E-state index in [9.17, 15) is 4.79 Å². The van der Waals surface area contributed by atoms with Crippen molar-refractivity contribution in [1.82, 2.24) is 9.80 Å². The highest BCUT2D eigenvalue weighted by Gasteiger charge is 2.55. The number of hydrogen-bond acceptors (Lipinski definition) is 5. The van der Waals surface area contributed by atoms with E-state index in [1.807, 2.05) is 6.20 Å². The molecule has 6 heteroatoms. The summed E-state index contributed by atoms with van der Waals surface area (Å²) in [4.78, 5) is 26.7. The Morgan fingerprint density at radius 2 is 2.03 bits per heavy atom. The molecule has 2 aliphatic carbocycles. The zero-order valence-corrected chi connectivity index (χ0v) is 17.4. The van der Waals surface area contributed by atoms with Crippen LogP contribution in [-0.4, -0.2) is 46.5 Å². The Morgan fingerprint density at radius 1 is 1.13 bits per heavy atom. The molecular weight excluding hydrogens is 386 g/mol. The molecule has 7 rings (SSSR count). The van der Waals surface area contributed by atoms with Crippen LogP contribution in [0.2, 0.25) is 0 Å². The highest BCUT2D eigenvalue weighted by molar-refractivity contribution is 6.41. The number of aliphatic imine (C=N–C) groups is 2. The molecule has 1 saturated carbocycles. The molecule has 0 aromatic heterocycles. The summed E-state index contributed by atoms with van der Waals surface area (Å²) < 4.78 is 0. The molecule has 0 bridgehead atoms. The lowest BCUT2D eigenvalue weighted by Crippen LogP contribution is -2.56. The zero-order valence-electron chi connectivity index (χ0n) is 17.4. The van der Waals surface area contributed by atoms with Gasteiger partial charge in [0.2, 0.25) is 5.91 Å². The normalized spacial score (nSPS) is 31.2. The van der Waals surface area contributed by atoms with Crippen LogP contribution in [0.3, 0.4) is 0 Å². The molecule has 1 amide bonds. The monoisotopic (exact) mass is 411 g/mol. The molecule has 156 valence electrons. The first kappa shape index (κ1) is 17.5. The highest BCUT2D eigenvalue weighted by atomic mass is 16.1. The largest absolute Gasteiger partial charge is 0.352 e. The second-order valence-corrected chi connectivity index (χ2v) is 9.76. The van der Waals surface area contributed by atoms with Crippen molar-refractivity contribution in [3.63, 3.8) is 0 Å². The van der Waals surface area contributed by atoms with Gasteiger partial charge in [0.05, 0.1) is 18.5 Å². The molecule has 4 aliphatic heterocycles. The molecule has 1 spiro atoms. The fourth-order valence-corrected chi connectivity index (χ4v) is 5.75. The maximum Gasteiger partial charge on any atom is 0.228 e. The predicted molar refractivity (Wildman–Crippen MR) is 121 cm³/mol. The molecule has 1 aromatic rings. The van der Waals surface area contributed by atoms with E-state index in [-0.39, 0.29) is 18.0 Å². The number of hydrogen-bond donors (Lipinski definition) is 1. The Morgan fingerprint density at radius 3 is 2.84 bits per heavy atom. The van der Waals surface area contributed by atoms with Crippen molar-refractivity contribution in [3.05, 3.63) is 66.0 Å². The van der Waals surface area contributed by atoms with Gasteiger partial charge in [0.25, 0.3) is 0 Å². The number of benzene rings is 1. The minimum atomic E-state index is 0.0755. The SMILES string of the molecule is O=C1Cc2cc(C3C(C4C=CC=CC4)N=C4C(N5CC6(CC6)C5)=NC=CN43)ccc2N1. The van der Waals surface area contributed by atoms with Gasteiger partial charge in [-0.05, 0) is 36.5 Å². The average molecular weight is 412 g/mol. The van der Waals surface area contributed by atoms with Crippen molar-refractivity contribution in [1.29, 1.82) is 0 Å². The van der Waals surface area contributed by atoms with Crippen LogP contribution in [0.15, 0.2) is 64.9 Å².